The Morgan fingerprint density at radius 1 is 1.29 bits per heavy atom. The molecule has 1 aliphatic heterocycles. The fraction of sp³-hybridized carbons (Fsp3) is 1.00. The Morgan fingerprint density at radius 2 is 2.00 bits per heavy atom. The molecule has 0 aromatic carbocycles. The van der Waals surface area contributed by atoms with Crippen molar-refractivity contribution in [3.8, 4) is 0 Å². The molecule has 1 heterocycles. The Hall–Kier alpha value is -0.120. The third-order valence-corrected chi connectivity index (χ3v) is 4.28. The van der Waals surface area contributed by atoms with E-state index in [2.05, 4.69) is 37.6 Å². The summed E-state index contributed by atoms with van der Waals surface area (Å²) in [6.07, 6.45) is 3.10. The molecule has 17 heavy (non-hydrogen) atoms. The maximum Gasteiger partial charge on any atom is 0.0538 e. The fourth-order valence-corrected chi connectivity index (χ4v) is 2.61. The summed E-state index contributed by atoms with van der Waals surface area (Å²) in [4.78, 5) is 5.10. The molecule has 3 nitrogen and oxygen atoms in total. The van der Waals surface area contributed by atoms with Crippen LogP contribution in [0.3, 0.4) is 0 Å². The van der Waals surface area contributed by atoms with Crippen molar-refractivity contribution in [3.63, 3.8) is 0 Å². The fourth-order valence-electron chi connectivity index (χ4n) is 2.61. The lowest BCUT2D eigenvalue weighted by atomic mass is 10.1. The van der Waals surface area contributed by atoms with Crippen LogP contribution >= 0.6 is 0 Å². The van der Waals surface area contributed by atoms with E-state index in [0.717, 1.165) is 6.61 Å². The average molecular weight is 240 g/mol. The number of piperazine rings is 1. The van der Waals surface area contributed by atoms with Crippen LogP contribution in [-0.4, -0.2) is 61.8 Å². The van der Waals surface area contributed by atoms with Gasteiger partial charge in [0.15, 0.2) is 0 Å². The second-order valence-electron chi connectivity index (χ2n) is 6.42. The van der Waals surface area contributed by atoms with E-state index in [0.29, 0.717) is 17.6 Å². The van der Waals surface area contributed by atoms with E-state index in [1.54, 1.807) is 0 Å². The van der Waals surface area contributed by atoms with Crippen LogP contribution in [0.25, 0.3) is 0 Å². The summed E-state index contributed by atoms with van der Waals surface area (Å²) in [6, 6.07) is 0.700. The smallest absolute Gasteiger partial charge is 0.0538 e. The van der Waals surface area contributed by atoms with Gasteiger partial charge in [-0.3, -0.25) is 4.90 Å². The molecule has 0 aromatic rings. The quantitative estimate of drug-likeness (QED) is 0.729. The first-order valence-electron chi connectivity index (χ1n) is 7.05. The van der Waals surface area contributed by atoms with Gasteiger partial charge in [-0.15, -0.1) is 0 Å². The van der Waals surface area contributed by atoms with Crippen molar-refractivity contribution >= 4 is 0 Å². The van der Waals surface area contributed by atoms with Crippen molar-refractivity contribution in [2.75, 3.05) is 39.8 Å². The van der Waals surface area contributed by atoms with Crippen LogP contribution in [-0.2, 0) is 4.74 Å². The zero-order valence-corrected chi connectivity index (χ0v) is 11.9. The van der Waals surface area contributed by atoms with Crippen molar-refractivity contribution in [1.82, 2.24) is 9.80 Å². The lowest BCUT2D eigenvalue weighted by molar-refractivity contribution is 0.0188. The van der Waals surface area contributed by atoms with Crippen LogP contribution < -0.4 is 0 Å². The minimum absolute atomic E-state index is 0.374. The molecule has 1 saturated carbocycles. The average Bonchev–Trinajstić information content (AvgIpc) is 3.02. The number of likely N-dealkylation sites (N-methyl/N-ethyl adjacent to an activating group) is 1. The molecule has 0 unspecified atom stereocenters. The van der Waals surface area contributed by atoms with Gasteiger partial charge in [0.2, 0.25) is 0 Å². The van der Waals surface area contributed by atoms with Gasteiger partial charge < -0.3 is 9.64 Å². The van der Waals surface area contributed by atoms with Crippen molar-refractivity contribution < 1.29 is 4.74 Å². The topological polar surface area (TPSA) is 15.7 Å². The highest BCUT2D eigenvalue weighted by atomic mass is 16.5. The van der Waals surface area contributed by atoms with Crippen LogP contribution in [0.4, 0.5) is 0 Å². The zero-order valence-electron chi connectivity index (χ0n) is 11.9. The van der Waals surface area contributed by atoms with Gasteiger partial charge in [0, 0.05) is 37.6 Å². The molecule has 2 aliphatic rings. The number of nitrogens with zero attached hydrogens (tertiary/aromatic N) is 2. The number of hydrogen-bond acceptors (Lipinski definition) is 3. The van der Waals surface area contributed by atoms with E-state index in [-0.39, 0.29) is 0 Å². The molecule has 100 valence electrons. The van der Waals surface area contributed by atoms with Gasteiger partial charge in [-0.05, 0) is 40.7 Å². The minimum atomic E-state index is 0.374. The van der Waals surface area contributed by atoms with Crippen LogP contribution in [0.1, 0.15) is 33.6 Å². The van der Waals surface area contributed by atoms with Crippen LogP contribution in [0, 0.1) is 5.41 Å². The standard InChI is InChI=1S/C14H28N2O/c1-12(2)17-11-14(5-6-14)10-16-8-7-15(4)13(3)9-16/h12-13H,5-11H2,1-4H3/t13-/m1/s1. The van der Waals surface area contributed by atoms with Crippen molar-refractivity contribution in [2.45, 2.75) is 45.8 Å². The molecule has 1 saturated heterocycles. The first-order chi connectivity index (χ1) is 8.01. The van der Waals surface area contributed by atoms with Crippen molar-refractivity contribution in [1.29, 1.82) is 0 Å². The number of hydrogen-bond donors (Lipinski definition) is 0. The Balaban J connectivity index is 1.77. The highest BCUT2D eigenvalue weighted by Crippen LogP contribution is 2.46. The van der Waals surface area contributed by atoms with Crippen LogP contribution in [0.15, 0.2) is 0 Å². The lowest BCUT2D eigenvalue weighted by Gasteiger charge is -2.39. The monoisotopic (exact) mass is 240 g/mol. The summed E-state index contributed by atoms with van der Waals surface area (Å²) in [5.74, 6) is 0. The number of ether oxygens (including phenoxy) is 1. The van der Waals surface area contributed by atoms with E-state index in [1.165, 1.54) is 39.0 Å². The Bertz CT molecular complexity index is 251. The summed E-state index contributed by atoms with van der Waals surface area (Å²) in [6.45, 7) is 12.5. The highest BCUT2D eigenvalue weighted by Gasteiger charge is 2.44. The molecule has 0 spiro atoms. The Kier molecular flexibility index (Phi) is 4.11. The molecule has 1 aliphatic carbocycles. The predicted molar refractivity (Wildman–Crippen MR) is 71.3 cm³/mol. The first-order valence-corrected chi connectivity index (χ1v) is 7.05. The van der Waals surface area contributed by atoms with Crippen molar-refractivity contribution in [3.05, 3.63) is 0 Å². The van der Waals surface area contributed by atoms with Crippen molar-refractivity contribution in [2.24, 2.45) is 5.41 Å². The SMILES string of the molecule is CC(C)OCC1(CN2CCN(C)[C@H](C)C2)CC1. The summed E-state index contributed by atoms with van der Waals surface area (Å²) in [5, 5.41) is 0. The third-order valence-electron chi connectivity index (χ3n) is 4.28. The molecule has 0 amide bonds. The van der Waals surface area contributed by atoms with Gasteiger partial charge in [0.25, 0.3) is 0 Å². The lowest BCUT2D eigenvalue weighted by Crippen LogP contribution is -2.51. The largest absolute Gasteiger partial charge is 0.378 e. The van der Waals surface area contributed by atoms with Gasteiger partial charge in [0.05, 0.1) is 12.7 Å². The second-order valence-corrected chi connectivity index (χ2v) is 6.42. The number of rotatable bonds is 5. The van der Waals surface area contributed by atoms with Gasteiger partial charge in [-0.1, -0.05) is 0 Å². The van der Waals surface area contributed by atoms with Crippen LogP contribution in [0.2, 0.25) is 0 Å². The van der Waals surface area contributed by atoms with Gasteiger partial charge in [-0.2, -0.15) is 0 Å². The van der Waals surface area contributed by atoms with E-state index in [1.807, 2.05) is 0 Å². The summed E-state index contributed by atoms with van der Waals surface area (Å²) in [7, 11) is 2.23. The zero-order chi connectivity index (χ0) is 12.5. The summed E-state index contributed by atoms with van der Waals surface area (Å²) >= 11 is 0. The highest BCUT2D eigenvalue weighted by molar-refractivity contribution is 4.96. The maximum absolute atomic E-state index is 5.82. The summed E-state index contributed by atoms with van der Waals surface area (Å²) < 4.78 is 5.82. The molecule has 2 rings (SSSR count). The minimum Gasteiger partial charge on any atom is -0.378 e. The molecular weight excluding hydrogens is 212 g/mol. The van der Waals surface area contributed by atoms with E-state index < -0.39 is 0 Å². The van der Waals surface area contributed by atoms with Gasteiger partial charge in [0.1, 0.15) is 0 Å². The normalized spacial score (nSPS) is 29.8. The van der Waals surface area contributed by atoms with E-state index in [4.69, 9.17) is 4.74 Å². The maximum atomic E-state index is 5.82. The second kappa shape index (κ2) is 5.25. The van der Waals surface area contributed by atoms with Crippen LogP contribution in [0.5, 0.6) is 0 Å². The first kappa shape index (κ1) is 13.3. The molecule has 3 heteroatoms. The van der Waals surface area contributed by atoms with E-state index >= 15 is 0 Å². The molecule has 1 atom stereocenters. The third kappa shape index (κ3) is 3.67. The molecular formula is C14H28N2O. The van der Waals surface area contributed by atoms with Gasteiger partial charge >= 0.3 is 0 Å². The van der Waals surface area contributed by atoms with Gasteiger partial charge in [-0.25, -0.2) is 0 Å². The molecule has 0 N–H and O–H groups in total. The van der Waals surface area contributed by atoms with E-state index in [9.17, 15) is 0 Å². The Labute approximate surface area is 106 Å². The molecule has 0 bridgehead atoms. The molecule has 2 fully saturated rings. The Morgan fingerprint density at radius 3 is 2.53 bits per heavy atom. The summed E-state index contributed by atoms with van der Waals surface area (Å²) in [5.41, 5.74) is 0.500. The molecule has 0 aromatic heterocycles. The predicted octanol–water partition coefficient (Wildman–Crippen LogP) is 1.83. The molecule has 0 radical (unpaired) electrons.